The third-order valence-electron chi connectivity index (χ3n) is 6.49. The number of carbonyl (C=O) groups excluding carboxylic acids is 1. The van der Waals surface area contributed by atoms with Gasteiger partial charge in [-0.1, -0.05) is 74.9 Å². The SMILES string of the molecule is CCc1ccc([C@H]2C[C@@H](C(C)C)n3ncc(CC(=O)NCc4ccc(C)cc4)c3N2)cc1. The lowest BCUT2D eigenvalue weighted by molar-refractivity contribution is -0.120. The molecule has 3 aromatic rings. The van der Waals surface area contributed by atoms with Crippen molar-refractivity contribution < 1.29 is 4.79 Å². The van der Waals surface area contributed by atoms with E-state index in [2.05, 4.69) is 96.6 Å². The predicted molar refractivity (Wildman–Crippen MR) is 130 cm³/mol. The first-order valence-corrected chi connectivity index (χ1v) is 11.7. The highest BCUT2D eigenvalue weighted by atomic mass is 16.1. The van der Waals surface area contributed by atoms with Gasteiger partial charge in [0.2, 0.25) is 5.91 Å². The quantitative estimate of drug-likeness (QED) is 0.530. The molecule has 1 aliphatic rings. The van der Waals surface area contributed by atoms with Crippen LogP contribution in [-0.4, -0.2) is 15.7 Å². The first-order valence-electron chi connectivity index (χ1n) is 11.7. The molecule has 0 aliphatic carbocycles. The summed E-state index contributed by atoms with van der Waals surface area (Å²) >= 11 is 0. The third-order valence-corrected chi connectivity index (χ3v) is 6.49. The summed E-state index contributed by atoms with van der Waals surface area (Å²) in [4.78, 5) is 12.7. The molecule has 2 atom stereocenters. The zero-order valence-electron chi connectivity index (χ0n) is 19.6. The highest BCUT2D eigenvalue weighted by Gasteiger charge is 2.32. The molecule has 0 radical (unpaired) electrons. The molecular weight excluding hydrogens is 396 g/mol. The first kappa shape index (κ1) is 22.1. The molecule has 1 amide bonds. The number of aryl methyl sites for hydroxylation is 2. The van der Waals surface area contributed by atoms with Crippen LogP contribution >= 0.6 is 0 Å². The minimum Gasteiger partial charge on any atom is -0.363 e. The van der Waals surface area contributed by atoms with E-state index < -0.39 is 0 Å². The zero-order valence-corrected chi connectivity index (χ0v) is 19.6. The lowest BCUT2D eigenvalue weighted by Gasteiger charge is -2.35. The number of nitrogens with zero attached hydrogens (tertiary/aromatic N) is 2. The Balaban J connectivity index is 1.49. The van der Waals surface area contributed by atoms with E-state index in [0.29, 0.717) is 24.9 Å². The van der Waals surface area contributed by atoms with Crippen LogP contribution in [0.3, 0.4) is 0 Å². The summed E-state index contributed by atoms with van der Waals surface area (Å²) in [6.07, 6.45) is 4.20. The minimum atomic E-state index is 0.0127. The van der Waals surface area contributed by atoms with Gasteiger partial charge in [0.05, 0.1) is 24.7 Å². The second-order valence-electron chi connectivity index (χ2n) is 9.24. The van der Waals surface area contributed by atoms with Crippen LogP contribution in [0.1, 0.15) is 67.1 Å². The highest BCUT2D eigenvalue weighted by molar-refractivity contribution is 5.80. The molecule has 0 bridgehead atoms. The molecule has 168 valence electrons. The van der Waals surface area contributed by atoms with E-state index in [-0.39, 0.29) is 11.9 Å². The number of anilines is 1. The molecule has 0 saturated heterocycles. The van der Waals surface area contributed by atoms with Crippen LogP contribution in [0.25, 0.3) is 0 Å². The molecule has 0 spiro atoms. The van der Waals surface area contributed by atoms with Crippen molar-refractivity contribution in [3.63, 3.8) is 0 Å². The van der Waals surface area contributed by atoms with E-state index in [1.165, 1.54) is 16.7 Å². The van der Waals surface area contributed by atoms with E-state index in [9.17, 15) is 4.79 Å². The Morgan fingerprint density at radius 1 is 1.12 bits per heavy atom. The topological polar surface area (TPSA) is 59.0 Å². The Morgan fingerprint density at radius 2 is 1.81 bits per heavy atom. The van der Waals surface area contributed by atoms with E-state index in [1.54, 1.807) is 0 Å². The molecule has 4 rings (SSSR count). The number of hydrogen-bond donors (Lipinski definition) is 2. The molecule has 5 nitrogen and oxygen atoms in total. The number of benzene rings is 2. The van der Waals surface area contributed by atoms with Crippen molar-refractivity contribution in [2.75, 3.05) is 5.32 Å². The van der Waals surface area contributed by atoms with Crippen LogP contribution in [0.2, 0.25) is 0 Å². The van der Waals surface area contributed by atoms with Crippen molar-refractivity contribution in [1.82, 2.24) is 15.1 Å². The average molecular weight is 431 g/mol. The van der Waals surface area contributed by atoms with Gasteiger partial charge in [0.25, 0.3) is 0 Å². The highest BCUT2D eigenvalue weighted by Crippen LogP contribution is 2.40. The van der Waals surface area contributed by atoms with E-state index in [4.69, 9.17) is 0 Å². The molecule has 32 heavy (non-hydrogen) atoms. The number of amides is 1. The predicted octanol–water partition coefficient (Wildman–Crippen LogP) is 5.37. The molecule has 2 N–H and O–H groups in total. The second kappa shape index (κ2) is 9.60. The molecule has 2 aromatic carbocycles. The maximum atomic E-state index is 12.7. The van der Waals surface area contributed by atoms with Crippen LogP contribution in [0.15, 0.2) is 54.7 Å². The van der Waals surface area contributed by atoms with Gasteiger partial charge in [-0.05, 0) is 42.4 Å². The van der Waals surface area contributed by atoms with Gasteiger partial charge >= 0.3 is 0 Å². The van der Waals surface area contributed by atoms with Gasteiger partial charge in [0.15, 0.2) is 0 Å². The molecular formula is C27H34N4O. The summed E-state index contributed by atoms with van der Waals surface area (Å²) < 4.78 is 2.09. The monoisotopic (exact) mass is 430 g/mol. The van der Waals surface area contributed by atoms with Crippen molar-refractivity contribution in [3.8, 4) is 0 Å². The lowest BCUT2D eigenvalue weighted by atomic mass is 9.90. The number of fused-ring (bicyclic) bond motifs is 1. The van der Waals surface area contributed by atoms with Gasteiger partial charge in [0, 0.05) is 12.1 Å². The van der Waals surface area contributed by atoms with Crippen LogP contribution in [0.5, 0.6) is 0 Å². The first-order chi connectivity index (χ1) is 15.4. The van der Waals surface area contributed by atoms with Gasteiger partial charge in [-0.3, -0.25) is 4.79 Å². The summed E-state index contributed by atoms with van der Waals surface area (Å²) in [5.41, 5.74) is 5.91. The summed E-state index contributed by atoms with van der Waals surface area (Å²) in [7, 11) is 0. The molecule has 2 heterocycles. The number of aromatic nitrogens is 2. The summed E-state index contributed by atoms with van der Waals surface area (Å²) in [6, 6.07) is 17.7. The van der Waals surface area contributed by atoms with Crippen molar-refractivity contribution in [2.45, 2.75) is 65.6 Å². The Kier molecular flexibility index (Phi) is 6.63. The fourth-order valence-electron chi connectivity index (χ4n) is 4.40. The Labute approximate surface area is 191 Å². The zero-order chi connectivity index (χ0) is 22.7. The largest absolute Gasteiger partial charge is 0.363 e. The van der Waals surface area contributed by atoms with Gasteiger partial charge in [0.1, 0.15) is 5.82 Å². The second-order valence-corrected chi connectivity index (χ2v) is 9.24. The minimum absolute atomic E-state index is 0.0127. The summed E-state index contributed by atoms with van der Waals surface area (Å²) in [5, 5.41) is 11.4. The molecule has 1 aromatic heterocycles. The van der Waals surface area contributed by atoms with Crippen molar-refractivity contribution in [1.29, 1.82) is 0 Å². The van der Waals surface area contributed by atoms with Crippen LogP contribution < -0.4 is 10.6 Å². The van der Waals surface area contributed by atoms with Crippen molar-refractivity contribution in [3.05, 3.63) is 82.5 Å². The van der Waals surface area contributed by atoms with Gasteiger partial charge in [-0.15, -0.1) is 0 Å². The number of carbonyl (C=O) groups is 1. The van der Waals surface area contributed by atoms with E-state index >= 15 is 0 Å². The average Bonchev–Trinajstić information content (AvgIpc) is 3.20. The Morgan fingerprint density at radius 3 is 2.47 bits per heavy atom. The van der Waals surface area contributed by atoms with Gasteiger partial charge < -0.3 is 10.6 Å². The smallest absolute Gasteiger partial charge is 0.224 e. The molecule has 0 saturated carbocycles. The standard InChI is InChI=1S/C27H34N4O/c1-5-20-10-12-22(13-11-20)24-15-25(18(2)3)31-27(30-24)23(17-29-31)14-26(32)28-16-21-8-6-19(4)7-9-21/h6-13,17-18,24-25,30H,5,14-16H2,1-4H3,(H,28,32)/t24-,25+/m1/s1. The van der Waals surface area contributed by atoms with E-state index in [1.807, 2.05) is 6.20 Å². The van der Waals surface area contributed by atoms with Gasteiger partial charge in [-0.25, -0.2) is 4.68 Å². The normalized spacial score (nSPS) is 17.7. The maximum absolute atomic E-state index is 12.7. The fraction of sp³-hybridized carbons (Fsp3) is 0.407. The van der Waals surface area contributed by atoms with Crippen LogP contribution in [0, 0.1) is 12.8 Å². The molecule has 0 unspecified atom stereocenters. The van der Waals surface area contributed by atoms with Crippen LogP contribution in [0.4, 0.5) is 5.82 Å². The van der Waals surface area contributed by atoms with Crippen molar-refractivity contribution in [2.24, 2.45) is 5.92 Å². The summed E-state index contributed by atoms with van der Waals surface area (Å²) in [5.74, 6) is 1.44. The fourth-order valence-corrected chi connectivity index (χ4v) is 4.40. The van der Waals surface area contributed by atoms with E-state index in [0.717, 1.165) is 29.8 Å². The molecule has 0 fully saturated rings. The third kappa shape index (κ3) is 4.87. The Bertz CT molecular complexity index is 1050. The molecule has 5 heteroatoms. The number of rotatable bonds is 7. The Hall–Kier alpha value is -3.08. The maximum Gasteiger partial charge on any atom is 0.224 e. The van der Waals surface area contributed by atoms with Gasteiger partial charge in [-0.2, -0.15) is 5.10 Å². The number of nitrogens with one attached hydrogen (secondary N) is 2. The number of hydrogen-bond acceptors (Lipinski definition) is 3. The summed E-state index contributed by atoms with van der Waals surface area (Å²) in [6.45, 7) is 9.27. The molecule has 1 aliphatic heterocycles. The lowest BCUT2D eigenvalue weighted by Crippen LogP contribution is -2.31. The van der Waals surface area contributed by atoms with Crippen LogP contribution in [-0.2, 0) is 24.2 Å². The van der Waals surface area contributed by atoms with Crippen molar-refractivity contribution >= 4 is 11.7 Å².